The minimum Gasteiger partial charge on any atom is -0.497 e. The third-order valence-electron chi connectivity index (χ3n) is 2.57. The normalized spacial score (nSPS) is 12.7. The minimum atomic E-state index is -4.63. The molecule has 0 aromatic heterocycles. The van der Waals surface area contributed by atoms with Gasteiger partial charge in [-0.25, -0.2) is 4.79 Å². The molecule has 104 valence electrons. The maximum Gasteiger partial charge on any atom is 0.399 e. The number of rotatable bonds is 4. The standard InChI is InChI=1S/C13H13F3O3/c1-8(12(17)19-3)11(13(14,15)16)9-4-6-10(18-2)7-5-9/h4-7,11H,1H2,2-3H3/t11-/m0/s1. The zero-order chi connectivity index (χ0) is 14.6. The smallest absolute Gasteiger partial charge is 0.399 e. The van der Waals surface area contributed by atoms with Crippen molar-refractivity contribution in [1.29, 1.82) is 0 Å². The maximum atomic E-state index is 13.0. The molecule has 0 N–H and O–H groups in total. The van der Waals surface area contributed by atoms with Crippen molar-refractivity contribution in [1.82, 2.24) is 0 Å². The second kappa shape index (κ2) is 5.77. The number of esters is 1. The summed E-state index contributed by atoms with van der Waals surface area (Å²) in [5.74, 6) is -2.75. The molecule has 3 nitrogen and oxygen atoms in total. The molecule has 1 aromatic carbocycles. The molecular formula is C13H13F3O3. The van der Waals surface area contributed by atoms with Crippen LogP contribution in [-0.2, 0) is 9.53 Å². The van der Waals surface area contributed by atoms with E-state index in [1.165, 1.54) is 31.4 Å². The van der Waals surface area contributed by atoms with Crippen molar-refractivity contribution in [2.75, 3.05) is 14.2 Å². The van der Waals surface area contributed by atoms with Crippen LogP contribution < -0.4 is 4.74 Å². The van der Waals surface area contributed by atoms with Gasteiger partial charge in [-0.3, -0.25) is 0 Å². The summed E-state index contributed by atoms with van der Waals surface area (Å²) in [4.78, 5) is 11.2. The Morgan fingerprint density at radius 2 is 1.74 bits per heavy atom. The van der Waals surface area contributed by atoms with Crippen molar-refractivity contribution < 1.29 is 27.4 Å². The predicted molar refractivity (Wildman–Crippen MR) is 62.9 cm³/mol. The van der Waals surface area contributed by atoms with E-state index in [0.717, 1.165) is 7.11 Å². The average molecular weight is 274 g/mol. The molecule has 19 heavy (non-hydrogen) atoms. The van der Waals surface area contributed by atoms with Gasteiger partial charge in [0.25, 0.3) is 0 Å². The minimum absolute atomic E-state index is 0.0938. The molecule has 0 radical (unpaired) electrons. The highest BCUT2D eigenvalue weighted by Crippen LogP contribution is 2.40. The van der Waals surface area contributed by atoms with Crippen LogP contribution in [0.15, 0.2) is 36.4 Å². The van der Waals surface area contributed by atoms with Crippen LogP contribution in [0, 0.1) is 0 Å². The molecule has 0 saturated carbocycles. The molecule has 1 rings (SSSR count). The predicted octanol–water partition coefficient (Wildman–Crippen LogP) is 3.07. The van der Waals surface area contributed by atoms with Gasteiger partial charge in [0, 0.05) is 5.57 Å². The fraction of sp³-hybridized carbons (Fsp3) is 0.308. The first-order valence-electron chi connectivity index (χ1n) is 5.29. The van der Waals surface area contributed by atoms with E-state index in [9.17, 15) is 18.0 Å². The van der Waals surface area contributed by atoms with E-state index in [0.29, 0.717) is 5.75 Å². The number of carbonyl (C=O) groups excluding carboxylic acids is 1. The first kappa shape index (κ1) is 15.1. The lowest BCUT2D eigenvalue weighted by molar-refractivity contribution is -0.153. The van der Waals surface area contributed by atoms with Crippen molar-refractivity contribution >= 4 is 5.97 Å². The van der Waals surface area contributed by atoms with Gasteiger partial charge in [-0.15, -0.1) is 0 Å². The highest BCUT2D eigenvalue weighted by molar-refractivity contribution is 5.89. The number of methoxy groups -OCH3 is 2. The average Bonchev–Trinajstić information content (AvgIpc) is 2.37. The highest BCUT2D eigenvalue weighted by Gasteiger charge is 2.44. The van der Waals surface area contributed by atoms with Crippen LogP contribution in [0.25, 0.3) is 0 Å². The first-order chi connectivity index (χ1) is 8.81. The van der Waals surface area contributed by atoms with Gasteiger partial charge in [0.15, 0.2) is 0 Å². The lowest BCUT2D eigenvalue weighted by Crippen LogP contribution is -2.26. The molecular weight excluding hydrogens is 261 g/mol. The van der Waals surface area contributed by atoms with E-state index in [2.05, 4.69) is 11.3 Å². The molecule has 1 atom stereocenters. The van der Waals surface area contributed by atoms with Gasteiger partial charge in [-0.05, 0) is 17.7 Å². The third kappa shape index (κ3) is 3.49. The van der Waals surface area contributed by atoms with Crippen molar-refractivity contribution in [2.24, 2.45) is 0 Å². The van der Waals surface area contributed by atoms with Gasteiger partial charge in [-0.1, -0.05) is 18.7 Å². The van der Waals surface area contributed by atoms with Gasteiger partial charge in [0.2, 0.25) is 0 Å². The van der Waals surface area contributed by atoms with Gasteiger partial charge < -0.3 is 9.47 Å². The first-order valence-corrected chi connectivity index (χ1v) is 5.29. The number of hydrogen-bond donors (Lipinski definition) is 0. The van der Waals surface area contributed by atoms with Crippen LogP contribution in [-0.4, -0.2) is 26.4 Å². The summed E-state index contributed by atoms with van der Waals surface area (Å²) in [6.45, 7) is 3.19. The molecule has 0 aliphatic rings. The molecule has 0 bridgehead atoms. The van der Waals surface area contributed by atoms with E-state index in [1.807, 2.05) is 0 Å². The maximum absolute atomic E-state index is 13.0. The molecule has 0 heterocycles. The van der Waals surface area contributed by atoms with E-state index in [4.69, 9.17) is 4.74 Å². The number of hydrogen-bond acceptors (Lipinski definition) is 3. The molecule has 1 aromatic rings. The fourth-order valence-corrected chi connectivity index (χ4v) is 1.63. The largest absolute Gasteiger partial charge is 0.497 e. The van der Waals surface area contributed by atoms with Gasteiger partial charge in [0.1, 0.15) is 11.7 Å². The summed E-state index contributed by atoms with van der Waals surface area (Å²) in [6, 6.07) is 5.26. The van der Waals surface area contributed by atoms with Crippen LogP contribution in [0.3, 0.4) is 0 Å². The molecule has 0 spiro atoms. The fourth-order valence-electron chi connectivity index (χ4n) is 1.63. The SMILES string of the molecule is C=C(C(=O)OC)[C@@H](c1ccc(OC)cc1)C(F)(F)F. The zero-order valence-corrected chi connectivity index (χ0v) is 10.5. The van der Waals surface area contributed by atoms with Gasteiger partial charge in [0.05, 0.1) is 14.2 Å². The van der Waals surface area contributed by atoms with Crippen LogP contribution in [0.5, 0.6) is 5.75 Å². The Balaban J connectivity index is 3.17. The summed E-state index contributed by atoms with van der Waals surface area (Å²) in [5.41, 5.74) is -0.746. The van der Waals surface area contributed by atoms with E-state index in [-0.39, 0.29) is 5.56 Å². The van der Waals surface area contributed by atoms with E-state index < -0.39 is 23.6 Å². The molecule has 0 aliphatic carbocycles. The quantitative estimate of drug-likeness (QED) is 0.625. The summed E-state index contributed by atoms with van der Waals surface area (Å²) in [6.07, 6.45) is -4.63. The van der Waals surface area contributed by atoms with Crippen LogP contribution in [0.2, 0.25) is 0 Å². The lowest BCUT2D eigenvalue weighted by atomic mass is 9.91. The number of benzene rings is 1. The van der Waals surface area contributed by atoms with Crippen LogP contribution >= 0.6 is 0 Å². The number of ether oxygens (including phenoxy) is 2. The highest BCUT2D eigenvalue weighted by atomic mass is 19.4. The Labute approximate surface area is 108 Å². The zero-order valence-electron chi connectivity index (χ0n) is 10.5. The summed E-state index contributed by atoms with van der Waals surface area (Å²) < 4.78 is 48.3. The topological polar surface area (TPSA) is 35.5 Å². The third-order valence-corrected chi connectivity index (χ3v) is 2.57. The molecule has 0 unspecified atom stereocenters. The Hall–Kier alpha value is -1.98. The van der Waals surface area contributed by atoms with Gasteiger partial charge in [-0.2, -0.15) is 13.2 Å². The van der Waals surface area contributed by atoms with Crippen molar-refractivity contribution in [3.05, 3.63) is 42.0 Å². The summed E-state index contributed by atoms with van der Waals surface area (Å²) in [5, 5.41) is 0. The Bertz CT molecular complexity index is 463. The van der Waals surface area contributed by atoms with E-state index in [1.54, 1.807) is 0 Å². The Kier molecular flexibility index (Phi) is 4.58. The van der Waals surface area contributed by atoms with Crippen molar-refractivity contribution in [3.63, 3.8) is 0 Å². The Morgan fingerprint density at radius 3 is 2.11 bits per heavy atom. The van der Waals surface area contributed by atoms with Gasteiger partial charge >= 0.3 is 12.1 Å². The molecule has 0 aliphatic heterocycles. The van der Waals surface area contributed by atoms with Crippen LogP contribution in [0.4, 0.5) is 13.2 Å². The van der Waals surface area contributed by atoms with Crippen molar-refractivity contribution in [2.45, 2.75) is 12.1 Å². The Morgan fingerprint density at radius 1 is 1.21 bits per heavy atom. The number of alkyl halides is 3. The summed E-state index contributed by atoms with van der Waals surface area (Å²) >= 11 is 0. The molecule has 6 heteroatoms. The number of halogens is 3. The molecule has 0 amide bonds. The van der Waals surface area contributed by atoms with E-state index >= 15 is 0 Å². The number of carbonyl (C=O) groups is 1. The van der Waals surface area contributed by atoms with Crippen molar-refractivity contribution in [3.8, 4) is 5.75 Å². The summed E-state index contributed by atoms with van der Waals surface area (Å²) in [7, 11) is 2.42. The monoisotopic (exact) mass is 274 g/mol. The van der Waals surface area contributed by atoms with Crippen LogP contribution in [0.1, 0.15) is 11.5 Å². The lowest BCUT2D eigenvalue weighted by Gasteiger charge is -2.21. The second-order valence-electron chi connectivity index (χ2n) is 3.76. The second-order valence-corrected chi connectivity index (χ2v) is 3.76. The molecule has 0 saturated heterocycles. The molecule has 0 fully saturated rings.